The van der Waals surface area contributed by atoms with Gasteiger partial charge in [-0.3, -0.25) is 20.2 Å². The molecular weight excluding hydrogens is 428 g/mol. The molecule has 1 amide bonds. The molecule has 0 bridgehead atoms. The first kappa shape index (κ1) is 20.4. The largest absolute Gasteiger partial charge is 0.298 e. The van der Waals surface area contributed by atoms with E-state index in [1.54, 1.807) is 19.1 Å². The van der Waals surface area contributed by atoms with Crippen LogP contribution in [0.15, 0.2) is 41.3 Å². The van der Waals surface area contributed by atoms with Gasteiger partial charge >= 0.3 is 0 Å². The number of carbonyl (C=O) groups excluding carboxylic acids is 1. The fraction of sp³-hybridized carbons (Fsp3) is 0.263. The smallest absolute Gasteiger partial charge is 0.272 e. The minimum atomic E-state index is -3.53. The van der Waals surface area contributed by atoms with Gasteiger partial charge in [-0.1, -0.05) is 11.3 Å². The van der Waals surface area contributed by atoms with Crippen LogP contribution < -0.4 is 5.32 Å². The quantitative estimate of drug-likeness (QED) is 0.472. The van der Waals surface area contributed by atoms with Crippen molar-refractivity contribution in [1.82, 2.24) is 9.29 Å². The molecule has 11 heteroatoms. The molecule has 2 aromatic carbocycles. The molecule has 1 aromatic heterocycles. The molecule has 2 heterocycles. The summed E-state index contributed by atoms with van der Waals surface area (Å²) in [6, 6.07) is 8.85. The van der Waals surface area contributed by atoms with Gasteiger partial charge in [0.25, 0.3) is 11.6 Å². The van der Waals surface area contributed by atoms with E-state index in [2.05, 4.69) is 10.3 Å². The first-order valence-electron chi connectivity index (χ1n) is 9.23. The van der Waals surface area contributed by atoms with E-state index in [1.165, 1.54) is 39.9 Å². The number of sulfonamides is 1. The summed E-state index contributed by atoms with van der Waals surface area (Å²) in [5.74, 6) is -0.447. The number of hydrogen-bond donors (Lipinski definition) is 1. The number of amides is 1. The highest BCUT2D eigenvalue weighted by Gasteiger charge is 2.27. The number of aryl methyl sites for hydroxylation is 1. The molecule has 9 nitrogen and oxygen atoms in total. The Labute approximate surface area is 176 Å². The van der Waals surface area contributed by atoms with E-state index in [1.807, 2.05) is 0 Å². The fourth-order valence-corrected chi connectivity index (χ4v) is 5.89. The fourth-order valence-electron chi connectivity index (χ4n) is 3.37. The minimum Gasteiger partial charge on any atom is -0.298 e. The maximum atomic E-state index is 12.7. The number of nitro groups is 1. The summed E-state index contributed by atoms with van der Waals surface area (Å²) in [5.41, 5.74) is 1.18. The zero-order chi connectivity index (χ0) is 21.5. The maximum Gasteiger partial charge on any atom is 0.272 e. The minimum absolute atomic E-state index is 0.0571. The monoisotopic (exact) mass is 446 g/mol. The number of nitro benzene ring substituents is 1. The Balaban J connectivity index is 1.57. The molecular formula is C19H18N4O5S2. The van der Waals surface area contributed by atoms with Crippen molar-refractivity contribution in [3.05, 3.63) is 57.6 Å². The Morgan fingerprint density at radius 3 is 2.60 bits per heavy atom. The number of nitrogens with one attached hydrogen (secondary N) is 1. The van der Waals surface area contributed by atoms with Gasteiger partial charge in [0.2, 0.25) is 10.0 Å². The Hall–Kier alpha value is -2.89. The number of thiazole rings is 1. The van der Waals surface area contributed by atoms with E-state index in [0.717, 1.165) is 12.8 Å². The molecule has 1 aliphatic rings. The molecule has 156 valence electrons. The Morgan fingerprint density at radius 1 is 1.20 bits per heavy atom. The molecule has 0 spiro atoms. The first-order chi connectivity index (χ1) is 14.3. The van der Waals surface area contributed by atoms with Gasteiger partial charge in [-0.25, -0.2) is 13.4 Å². The zero-order valence-corrected chi connectivity index (χ0v) is 17.6. The number of benzene rings is 2. The molecule has 3 aromatic rings. The van der Waals surface area contributed by atoms with Crippen LogP contribution in [0.4, 0.5) is 10.8 Å². The number of fused-ring (bicyclic) bond motifs is 1. The van der Waals surface area contributed by atoms with Gasteiger partial charge < -0.3 is 0 Å². The second-order valence-electron chi connectivity index (χ2n) is 6.97. The van der Waals surface area contributed by atoms with Gasteiger partial charge in [-0.2, -0.15) is 4.31 Å². The Bertz CT molecular complexity index is 1260. The predicted molar refractivity (Wildman–Crippen MR) is 113 cm³/mol. The predicted octanol–water partition coefficient (Wildman–Crippen LogP) is 3.55. The molecule has 0 saturated carbocycles. The van der Waals surface area contributed by atoms with Gasteiger partial charge in [-0.15, -0.1) is 0 Å². The van der Waals surface area contributed by atoms with Gasteiger partial charge in [0.05, 0.1) is 20.0 Å². The Morgan fingerprint density at radius 2 is 1.93 bits per heavy atom. The van der Waals surface area contributed by atoms with E-state index in [4.69, 9.17) is 0 Å². The number of anilines is 1. The number of rotatable bonds is 5. The van der Waals surface area contributed by atoms with Gasteiger partial charge in [0.15, 0.2) is 5.13 Å². The lowest BCUT2D eigenvalue weighted by atomic mass is 10.1. The molecule has 1 N–H and O–H groups in total. The van der Waals surface area contributed by atoms with Crippen molar-refractivity contribution in [2.45, 2.75) is 24.7 Å². The summed E-state index contributed by atoms with van der Waals surface area (Å²) >= 11 is 1.17. The van der Waals surface area contributed by atoms with Crippen molar-refractivity contribution in [2.75, 3.05) is 18.4 Å². The average molecular weight is 447 g/mol. The Kier molecular flexibility index (Phi) is 5.26. The summed E-state index contributed by atoms with van der Waals surface area (Å²) in [6.07, 6.45) is 1.72. The molecule has 0 radical (unpaired) electrons. The lowest BCUT2D eigenvalue weighted by molar-refractivity contribution is -0.385. The van der Waals surface area contributed by atoms with E-state index in [9.17, 15) is 23.3 Å². The van der Waals surface area contributed by atoms with E-state index >= 15 is 0 Å². The first-order valence-corrected chi connectivity index (χ1v) is 11.5. The van der Waals surface area contributed by atoms with Crippen LogP contribution in [-0.2, 0) is 10.0 Å². The van der Waals surface area contributed by atoms with Crippen LogP contribution in [0.5, 0.6) is 0 Å². The summed E-state index contributed by atoms with van der Waals surface area (Å²) in [4.78, 5) is 27.5. The zero-order valence-electron chi connectivity index (χ0n) is 16.0. The molecule has 0 atom stereocenters. The van der Waals surface area contributed by atoms with Crippen LogP contribution in [-0.4, -0.2) is 41.6 Å². The maximum absolute atomic E-state index is 12.7. The number of hydrogen-bond acceptors (Lipinski definition) is 7. The topological polar surface area (TPSA) is 123 Å². The van der Waals surface area contributed by atoms with Crippen LogP contribution in [0.25, 0.3) is 10.2 Å². The standard InChI is InChI=1S/C19H18N4O5S2/c1-12-10-13(4-7-16(12)23(25)26)18(24)21-19-20-15-6-5-14(11-17(15)29-19)30(27,28)22-8-2-3-9-22/h4-7,10-11H,2-3,8-9H2,1H3,(H,20,21,24). The van der Waals surface area contributed by atoms with Crippen LogP contribution in [0.2, 0.25) is 0 Å². The second-order valence-corrected chi connectivity index (χ2v) is 9.94. The molecule has 1 saturated heterocycles. The summed E-state index contributed by atoms with van der Waals surface area (Å²) in [5, 5.41) is 13.9. The average Bonchev–Trinajstić information content (AvgIpc) is 3.36. The summed E-state index contributed by atoms with van der Waals surface area (Å²) in [7, 11) is -3.53. The number of aromatic nitrogens is 1. The summed E-state index contributed by atoms with van der Waals surface area (Å²) in [6.45, 7) is 2.62. The normalized spacial score (nSPS) is 14.8. The highest BCUT2D eigenvalue weighted by molar-refractivity contribution is 7.89. The van der Waals surface area contributed by atoms with Crippen molar-refractivity contribution in [1.29, 1.82) is 0 Å². The second kappa shape index (κ2) is 7.74. The van der Waals surface area contributed by atoms with Crippen molar-refractivity contribution < 1.29 is 18.1 Å². The van der Waals surface area contributed by atoms with Gasteiger partial charge in [0.1, 0.15) is 0 Å². The van der Waals surface area contributed by atoms with Gasteiger partial charge in [-0.05, 0) is 50.1 Å². The third-order valence-electron chi connectivity index (χ3n) is 4.94. The highest BCUT2D eigenvalue weighted by Crippen LogP contribution is 2.30. The third-order valence-corrected chi connectivity index (χ3v) is 7.77. The molecule has 0 aliphatic carbocycles. The van der Waals surface area contributed by atoms with Crippen molar-refractivity contribution in [3.8, 4) is 0 Å². The SMILES string of the molecule is Cc1cc(C(=O)Nc2nc3ccc(S(=O)(=O)N4CCCC4)cc3s2)ccc1[N+](=O)[O-]. The number of nitrogens with zero attached hydrogens (tertiary/aromatic N) is 3. The molecule has 30 heavy (non-hydrogen) atoms. The van der Waals surface area contributed by atoms with E-state index in [-0.39, 0.29) is 16.1 Å². The van der Waals surface area contributed by atoms with E-state index < -0.39 is 20.9 Å². The van der Waals surface area contributed by atoms with Crippen LogP contribution in [0, 0.1) is 17.0 Å². The van der Waals surface area contributed by atoms with Crippen molar-refractivity contribution in [3.63, 3.8) is 0 Å². The number of carbonyl (C=O) groups is 1. The van der Waals surface area contributed by atoms with Crippen molar-refractivity contribution >= 4 is 48.3 Å². The van der Waals surface area contributed by atoms with Gasteiger partial charge in [0, 0.05) is 30.3 Å². The van der Waals surface area contributed by atoms with E-state index in [0.29, 0.717) is 34.0 Å². The molecule has 1 aliphatic heterocycles. The summed E-state index contributed by atoms with van der Waals surface area (Å²) < 4.78 is 27.6. The lowest BCUT2D eigenvalue weighted by Gasteiger charge is -2.15. The van der Waals surface area contributed by atoms with Crippen molar-refractivity contribution in [2.24, 2.45) is 0 Å². The highest BCUT2D eigenvalue weighted by atomic mass is 32.2. The van der Waals surface area contributed by atoms with Crippen LogP contribution in [0.1, 0.15) is 28.8 Å². The molecule has 1 fully saturated rings. The van der Waals surface area contributed by atoms with Crippen LogP contribution >= 0.6 is 11.3 Å². The lowest BCUT2D eigenvalue weighted by Crippen LogP contribution is -2.27. The third kappa shape index (κ3) is 3.78. The van der Waals surface area contributed by atoms with Crippen LogP contribution in [0.3, 0.4) is 0 Å². The molecule has 0 unspecified atom stereocenters. The molecule has 4 rings (SSSR count).